The summed E-state index contributed by atoms with van der Waals surface area (Å²) in [7, 11) is 0. The van der Waals surface area contributed by atoms with E-state index in [4.69, 9.17) is 9.84 Å². The molecule has 5 heteroatoms. The van der Waals surface area contributed by atoms with E-state index in [1.165, 1.54) is 6.92 Å². The third-order valence-corrected chi connectivity index (χ3v) is 2.14. The normalized spacial score (nSPS) is 34.4. The first-order valence-corrected chi connectivity index (χ1v) is 4.40. The largest absolute Gasteiger partial charge is 0.456 e. The highest BCUT2D eigenvalue weighted by molar-refractivity contribution is 5.92. The van der Waals surface area contributed by atoms with Crippen molar-refractivity contribution in [2.75, 3.05) is 0 Å². The lowest BCUT2D eigenvalue weighted by molar-refractivity contribution is -0.138. The average Bonchev–Trinajstić information content (AvgIpc) is 2.32. The van der Waals surface area contributed by atoms with Gasteiger partial charge in [0.05, 0.1) is 17.8 Å². The van der Waals surface area contributed by atoms with Crippen molar-refractivity contribution in [2.45, 2.75) is 38.3 Å². The van der Waals surface area contributed by atoms with E-state index in [0.29, 0.717) is 0 Å². The Balaban J connectivity index is 2.81. The molecule has 0 aromatic carbocycles. The highest BCUT2D eigenvalue weighted by Gasteiger charge is 2.36. The third-order valence-electron chi connectivity index (χ3n) is 2.14. The van der Waals surface area contributed by atoms with E-state index in [2.05, 4.69) is 0 Å². The molecule has 1 saturated heterocycles. The van der Waals surface area contributed by atoms with Gasteiger partial charge in [-0.05, 0) is 19.9 Å². The molecule has 0 aromatic rings. The van der Waals surface area contributed by atoms with Crippen LogP contribution in [0.15, 0.2) is 11.6 Å². The zero-order valence-electron chi connectivity index (χ0n) is 8.04. The number of rotatable bonds is 2. The van der Waals surface area contributed by atoms with Crippen LogP contribution in [0.3, 0.4) is 0 Å². The van der Waals surface area contributed by atoms with Crippen molar-refractivity contribution in [1.82, 2.24) is 0 Å². The Morgan fingerprint density at radius 3 is 2.43 bits per heavy atom. The van der Waals surface area contributed by atoms with E-state index in [1.54, 1.807) is 6.92 Å². The maximum atomic E-state index is 11.1. The minimum absolute atomic E-state index is 0.00546. The van der Waals surface area contributed by atoms with Crippen molar-refractivity contribution < 1.29 is 24.9 Å². The van der Waals surface area contributed by atoms with Gasteiger partial charge in [-0.2, -0.15) is 0 Å². The monoisotopic (exact) mass is 202 g/mol. The molecule has 14 heavy (non-hydrogen) atoms. The number of carbonyl (C=O) groups excluding carboxylic acids is 1. The van der Waals surface area contributed by atoms with E-state index in [1.807, 2.05) is 0 Å². The van der Waals surface area contributed by atoms with Crippen LogP contribution in [0.4, 0.5) is 0 Å². The van der Waals surface area contributed by atoms with Crippen LogP contribution in [0.1, 0.15) is 13.8 Å². The quantitative estimate of drug-likeness (QED) is 0.393. The van der Waals surface area contributed by atoms with Crippen LogP contribution in [-0.4, -0.2) is 45.7 Å². The van der Waals surface area contributed by atoms with E-state index in [0.717, 1.165) is 6.08 Å². The molecule has 1 heterocycles. The van der Waals surface area contributed by atoms with Gasteiger partial charge in [0.2, 0.25) is 0 Å². The molecule has 3 N–H and O–H groups in total. The standard InChI is InChI=1S/C9H14O5/c1-4(10)7(11)3-6-8(12)5(2)14-9(6)13/h3-5,7-8,10-12H,1-2H3. The van der Waals surface area contributed by atoms with E-state index in [-0.39, 0.29) is 5.57 Å². The fourth-order valence-corrected chi connectivity index (χ4v) is 1.16. The molecular weight excluding hydrogens is 188 g/mol. The summed E-state index contributed by atoms with van der Waals surface area (Å²) in [6.07, 6.45) is -2.66. The topological polar surface area (TPSA) is 87.0 Å². The van der Waals surface area contributed by atoms with Gasteiger partial charge in [0.25, 0.3) is 0 Å². The van der Waals surface area contributed by atoms with Crippen molar-refractivity contribution in [3.63, 3.8) is 0 Å². The zero-order chi connectivity index (χ0) is 10.9. The fourth-order valence-electron chi connectivity index (χ4n) is 1.16. The molecule has 4 atom stereocenters. The molecule has 0 radical (unpaired) electrons. The molecule has 80 valence electrons. The number of aliphatic hydroxyl groups is 3. The summed E-state index contributed by atoms with van der Waals surface area (Å²) in [4.78, 5) is 11.1. The van der Waals surface area contributed by atoms with Gasteiger partial charge in [0.15, 0.2) is 0 Å². The van der Waals surface area contributed by atoms with Crippen LogP contribution in [-0.2, 0) is 9.53 Å². The Labute approximate surface area is 81.6 Å². The minimum Gasteiger partial charge on any atom is -0.456 e. The highest BCUT2D eigenvalue weighted by atomic mass is 16.6. The lowest BCUT2D eigenvalue weighted by Gasteiger charge is -2.10. The molecule has 0 aliphatic carbocycles. The smallest absolute Gasteiger partial charge is 0.336 e. The lowest BCUT2D eigenvalue weighted by Crippen LogP contribution is -2.24. The molecular formula is C9H14O5. The summed E-state index contributed by atoms with van der Waals surface area (Å²) >= 11 is 0. The molecule has 0 aromatic heterocycles. The molecule has 1 aliphatic heterocycles. The number of aliphatic hydroxyl groups excluding tert-OH is 3. The summed E-state index contributed by atoms with van der Waals surface area (Å²) < 4.78 is 4.72. The van der Waals surface area contributed by atoms with Gasteiger partial charge in [0.1, 0.15) is 12.2 Å². The van der Waals surface area contributed by atoms with Crippen LogP contribution >= 0.6 is 0 Å². The van der Waals surface area contributed by atoms with Gasteiger partial charge in [-0.25, -0.2) is 4.79 Å². The SMILES string of the molecule is CC(O)C(O)C=C1C(=O)OC(C)C1O. The number of esters is 1. The number of hydrogen-bond acceptors (Lipinski definition) is 5. The Kier molecular flexibility index (Phi) is 3.25. The molecule has 1 fully saturated rings. The maximum absolute atomic E-state index is 11.1. The van der Waals surface area contributed by atoms with Crippen molar-refractivity contribution in [2.24, 2.45) is 0 Å². The molecule has 0 saturated carbocycles. The average molecular weight is 202 g/mol. The maximum Gasteiger partial charge on any atom is 0.336 e. The summed E-state index contributed by atoms with van der Waals surface area (Å²) in [6.45, 7) is 2.94. The summed E-state index contributed by atoms with van der Waals surface area (Å²) in [6, 6.07) is 0. The van der Waals surface area contributed by atoms with E-state index >= 15 is 0 Å². The Morgan fingerprint density at radius 2 is 2.07 bits per heavy atom. The van der Waals surface area contributed by atoms with E-state index < -0.39 is 30.4 Å². The van der Waals surface area contributed by atoms with Crippen molar-refractivity contribution in [3.8, 4) is 0 Å². The van der Waals surface area contributed by atoms with Crippen LogP contribution in [0.25, 0.3) is 0 Å². The van der Waals surface area contributed by atoms with Gasteiger partial charge < -0.3 is 20.1 Å². The van der Waals surface area contributed by atoms with Crippen LogP contribution in [0.5, 0.6) is 0 Å². The summed E-state index contributed by atoms with van der Waals surface area (Å²) in [5, 5.41) is 27.7. The minimum atomic E-state index is -1.17. The molecule has 0 spiro atoms. The Hall–Kier alpha value is -0.910. The zero-order valence-corrected chi connectivity index (χ0v) is 8.04. The van der Waals surface area contributed by atoms with Crippen LogP contribution < -0.4 is 0 Å². The van der Waals surface area contributed by atoms with Crippen LogP contribution in [0, 0.1) is 0 Å². The first-order valence-electron chi connectivity index (χ1n) is 4.40. The second kappa shape index (κ2) is 4.08. The number of ether oxygens (including phenoxy) is 1. The third kappa shape index (κ3) is 2.12. The molecule has 0 bridgehead atoms. The van der Waals surface area contributed by atoms with Gasteiger partial charge >= 0.3 is 5.97 Å². The predicted octanol–water partition coefficient (Wildman–Crippen LogP) is -1.04. The molecule has 0 amide bonds. The highest BCUT2D eigenvalue weighted by Crippen LogP contribution is 2.21. The number of carbonyl (C=O) groups is 1. The second-order valence-corrected chi connectivity index (χ2v) is 3.41. The second-order valence-electron chi connectivity index (χ2n) is 3.41. The predicted molar refractivity (Wildman–Crippen MR) is 47.3 cm³/mol. The van der Waals surface area contributed by atoms with E-state index in [9.17, 15) is 15.0 Å². The van der Waals surface area contributed by atoms with Gasteiger partial charge in [-0.1, -0.05) is 0 Å². The van der Waals surface area contributed by atoms with Gasteiger partial charge in [-0.15, -0.1) is 0 Å². The molecule has 4 unspecified atom stereocenters. The van der Waals surface area contributed by atoms with Crippen molar-refractivity contribution >= 4 is 5.97 Å². The van der Waals surface area contributed by atoms with Crippen LogP contribution in [0.2, 0.25) is 0 Å². The first kappa shape index (κ1) is 11.2. The fraction of sp³-hybridized carbons (Fsp3) is 0.667. The molecule has 1 rings (SSSR count). The number of cyclic esters (lactones) is 1. The number of hydrogen-bond donors (Lipinski definition) is 3. The molecule has 5 nitrogen and oxygen atoms in total. The lowest BCUT2D eigenvalue weighted by atomic mass is 10.1. The molecule has 1 aliphatic rings. The summed E-state index contributed by atoms with van der Waals surface area (Å²) in [5.74, 6) is -0.648. The van der Waals surface area contributed by atoms with Gasteiger partial charge in [0, 0.05) is 0 Å². The Morgan fingerprint density at radius 1 is 1.50 bits per heavy atom. The van der Waals surface area contributed by atoms with Crippen molar-refractivity contribution in [3.05, 3.63) is 11.6 Å². The Bertz CT molecular complexity index is 258. The van der Waals surface area contributed by atoms with Crippen molar-refractivity contribution in [1.29, 1.82) is 0 Å². The summed E-state index contributed by atoms with van der Waals surface area (Å²) in [5.41, 5.74) is 0.00546. The van der Waals surface area contributed by atoms with Gasteiger partial charge in [-0.3, -0.25) is 0 Å². The first-order chi connectivity index (χ1) is 6.43.